The van der Waals surface area contributed by atoms with Crippen molar-refractivity contribution < 1.29 is 4.79 Å². The third kappa shape index (κ3) is 2.10. The summed E-state index contributed by atoms with van der Waals surface area (Å²) in [5, 5.41) is 0. The van der Waals surface area contributed by atoms with Crippen LogP contribution in [0.4, 0.5) is 0 Å². The quantitative estimate of drug-likeness (QED) is 0.512. The van der Waals surface area contributed by atoms with E-state index in [0.717, 1.165) is 12.7 Å². The molecule has 0 rings (SSSR count). The summed E-state index contributed by atoms with van der Waals surface area (Å²) in [7, 11) is 0. The maximum Gasteiger partial charge on any atom is 0.123 e. The first-order valence-electron chi connectivity index (χ1n) is 3.17. The Kier molecular flexibility index (Phi) is 3.49. The summed E-state index contributed by atoms with van der Waals surface area (Å²) in [6, 6.07) is 0. The molecule has 0 spiro atoms. The fraction of sp³-hybridized carbons (Fsp3) is 0.857. The lowest BCUT2D eigenvalue weighted by Crippen LogP contribution is -2.06. The first-order chi connectivity index (χ1) is 3.72. The summed E-state index contributed by atoms with van der Waals surface area (Å²) in [4.78, 5) is 10.1. The minimum absolute atomic E-state index is 0.236. The van der Waals surface area contributed by atoms with Gasteiger partial charge in [0.1, 0.15) is 6.29 Å². The van der Waals surface area contributed by atoms with Gasteiger partial charge >= 0.3 is 0 Å². The van der Waals surface area contributed by atoms with E-state index in [1.165, 1.54) is 0 Å². The number of rotatable bonds is 3. The average Bonchev–Trinajstić information content (AvgIpc) is 1.84. The van der Waals surface area contributed by atoms with Crippen LogP contribution in [0.25, 0.3) is 0 Å². The number of hydrogen-bond donors (Lipinski definition) is 0. The zero-order chi connectivity index (χ0) is 6.57. The van der Waals surface area contributed by atoms with Gasteiger partial charge in [0.05, 0.1) is 0 Å². The second kappa shape index (κ2) is 3.65. The standard InChI is InChI=1S/C7H14O/c1-4-6(2)7(3)5-8/h5-7H,4H2,1-3H3/t6?,7-/m1/s1. The van der Waals surface area contributed by atoms with Crippen LogP contribution in [0, 0.1) is 11.8 Å². The molecule has 1 nitrogen and oxygen atoms in total. The van der Waals surface area contributed by atoms with Crippen molar-refractivity contribution in [1.29, 1.82) is 0 Å². The molecule has 0 amide bonds. The smallest absolute Gasteiger partial charge is 0.123 e. The van der Waals surface area contributed by atoms with Crippen LogP contribution in [0.15, 0.2) is 0 Å². The number of aldehydes is 1. The molecule has 0 bridgehead atoms. The maximum absolute atomic E-state index is 10.1. The lowest BCUT2D eigenvalue weighted by Gasteiger charge is -2.09. The van der Waals surface area contributed by atoms with E-state index in [0.29, 0.717) is 5.92 Å². The summed E-state index contributed by atoms with van der Waals surface area (Å²) in [6.07, 6.45) is 2.12. The Labute approximate surface area is 51.1 Å². The third-order valence-electron chi connectivity index (χ3n) is 1.76. The Hall–Kier alpha value is -0.330. The van der Waals surface area contributed by atoms with Crippen molar-refractivity contribution in [2.45, 2.75) is 27.2 Å². The fourth-order valence-electron chi connectivity index (χ4n) is 0.506. The predicted octanol–water partition coefficient (Wildman–Crippen LogP) is 1.87. The highest BCUT2D eigenvalue weighted by atomic mass is 16.1. The Balaban J connectivity index is 3.44. The second-order valence-electron chi connectivity index (χ2n) is 2.38. The van der Waals surface area contributed by atoms with Gasteiger partial charge in [-0.3, -0.25) is 0 Å². The average molecular weight is 114 g/mol. The van der Waals surface area contributed by atoms with Crippen LogP contribution in [0.5, 0.6) is 0 Å². The highest BCUT2D eigenvalue weighted by Crippen LogP contribution is 2.10. The molecule has 0 N–H and O–H groups in total. The van der Waals surface area contributed by atoms with Crippen LogP contribution < -0.4 is 0 Å². The van der Waals surface area contributed by atoms with E-state index >= 15 is 0 Å². The summed E-state index contributed by atoms with van der Waals surface area (Å²) in [6.45, 7) is 6.16. The number of carbonyl (C=O) groups excluding carboxylic acids is 1. The SMILES string of the molecule is CCC(C)[C@H](C)C=O. The molecule has 0 aromatic carbocycles. The van der Waals surface area contributed by atoms with Crippen molar-refractivity contribution >= 4 is 6.29 Å². The van der Waals surface area contributed by atoms with Crippen LogP contribution in [0.1, 0.15) is 27.2 Å². The molecule has 0 radical (unpaired) electrons. The Morgan fingerprint density at radius 1 is 1.50 bits per heavy atom. The number of hydrogen-bond acceptors (Lipinski definition) is 1. The van der Waals surface area contributed by atoms with Crippen LogP contribution in [-0.2, 0) is 4.79 Å². The molecule has 2 atom stereocenters. The molecule has 0 aliphatic heterocycles. The van der Waals surface area contributed by atoms with E-state index in [1.54, 1.807) is 0 Å². The minimum atomic E-state index is 0.236. The molecule has 8 heavy (non-hydrogen) atoms. The molecule has 0 aliphatic carbocycles. The van der Waals surface area contributed by atoms with E-state index in [2.05, 4.69) is 13.8 Å². The zero-order valence-corrected chi connectivity index (χ0v) is 5.85. The molecule has 0 aliphatic rings. The Morgan fingerprint density at radius 2 is 2.00 bits per heavy atom. The molecule has 0 fully saturated rings. The molecule has 0 heterocycles. The number of carbonyl (C=O) groups is 1. The monoisotopic (exact) mass is 114 g/mol. The van der Waals surface area contributed by atoms with Gasteiger partial charge in [-0.05, 0) is 5.92 Å². The van der Waals surface area contributed by atoms with E-state index in [4.69, 9.17) is 0 Å². The first kappa shape index (κ1) is 7.67. The molecular weight excluding hydrogens is 100 g/mol. The van der Waals surface area contributed by atoms with Crippen molar-refractivity contribution in [3.8, 4) is 0 Å². The van der Waals surface area contributed by atoms with Crippen LogP contribution >= 0.6 is 0 Å². The molecule has 1 unspecified atom stereocenters. The second-order valence-corrected chi connectivity index (χ2v) is 2.38. The van der Waals surface area contributed by atoms with Gasteiger partial charge in [-0.15, -0.1) is 0 Å². The van der Waals surface area contributed by atoms with Crippen molar-refractivity contribution in [3.05, 3.63) is 0 Å². The van der Waals surface area contributed by atoms with Crippen LogP contribution in [0.2, 0.25) is 0 Å². The molecule has 48 valence electrons. The highest BCUT2D eigenvalue weighted by Gasteiger charge is 2.06. The minimum Gasteiger partial charge on any atom is -0.303 e. The summed E-state index contributed by atoms with van der Waals surface area (Å²) < 4.78 is 0. The van der Waals surface area contributed by atoms with Gasteiger partial charge in [0.2, 0.25) is 0 Å². The van der Waals surface area contributed by atoms with Crippen LogP contribution in [0.3, 0.4) is 0 Å². The largest absolute Gasteiger partial charge is 0.303 e. The molecule has 0 saturated heterocycles. The van der Waals surface area contributed by atoms with Gasteiger partial charge in [0.15, 0.2) is 0 Å². The molecule has 0 saturated carbocycles. The van der Waals surface area contributed by atoms with Crippen molar-refractivity contribution in [2.75, 3.05) is 0 Å². The Bertz CT molecular complexity index is 68.8. The lowest BCUT2D eigenvalue weighted by atomic mass is 9.95. The lowest BCUT2D eigenvalue weighted by molar-refractivity contribution is -0.111. The molecule has 1 heteroatoms. The van der Waals surface area contributed by atoms with E-state index in [-0.39, 0.29) is 5.92 Å². The van der Waals surface area contributed by atoms with Gasteiger partial charge in [-0.1, -0.05) is 27.2 Å². The Morgan fingerprint density at radius 3 is 2.12 bits per heavy atom. The van der Waals surface area contributed by atoms with Gasteiger partial charge in [-0.2, -0.15) is 0 Å². The molecule has 0 aromatic rings. The first-order valence-corrected chi connectivity index (χ1v) is 3.17. The van der Waals surface area contributed by atoms with E-state index < -0.39 is 0 Å². The van der Waals surface area contributed by atoms with Gasteiger partial charge in [0, 0.05) is 5.92 Å². The van der Waals surface area contributed by atoms with Crippen molar-refractivity contribution in [2.24, 2.45) is 11.8 Å². The molecule has 0 aromatic heterocycles. The summed E-state index contributed by atoms with van der Waals surface area (Å²) in [5.74, 6) is 0.785. The topological polar surface area (TPSA) is 17.1 Å². The van der Waals surface area contributed by atoms with E-state index in [1.807, 2.05) is 6.92 Å². The summed E-state index contributed by atoms with van der Waals surface area (Å²) in [5.41, 5.74) is 0. The predicted molar refractivity (Wildman–Crippen MR) is 34.7 cm³/mol. The van der Waals surface area contributed by atoms with Crippen molar-refractivity contribution in [3.63, 3.8) is 0 Å². The summed E-state index contributed by atoms with van der Waals surface area (Å²) >= 11 is 0. The van der Waals surface area contributed by atoms with Crippen molar-refractivity contribution in [1.82, 2.24) is 0 Å². The fourth-order valence-corrected chi connectivity index (χ4v) is 0.506. The van der Waals surface area contributed by atoms with Gasteiger partial charge < -0.3 is 4.79 Å². The third-order valence-corrected chi connectivity index (χ3v) is 1.76. The van der Waals surface area contributed by atoms with E-state index in [9.17, 15) is 4.79 Å². The van der Waals surface area contributed by atoms with Gasteiger partial charge in [-0.25, -0.2) is 0 Å². The van der Waals surface area contributed by atoms with Gasteiger partial charge in [0.25, 0.3) is 0 Å². The maximum atomic E-state index is 10.1. The highest BCUT2D eigenvalue weighted by molar-refractivity contribution is 5.53. The zero-order valence-electron chi connectivity index (χ0n) is 5.85. The normalized spacial score (nSPS) is 17.4. The van der Waals surface area contributed by atoms with Crippen LogP contribution in [-0.4, -0.2) is 6.29 Å². The molecular formula is C7H14O.